The van der Waals surface area contributed by atoms with E-state index in [1.54, 1.807) is 30.3 Å². The van der Waals surface area contributed by atoms with Gasteiger partial charge in [-0.2, -0.15) is 5.10 Å². The van der Waals surface area contributed by atoms with E-state index in [2.05, 4.69) is 20.7 Å². The van der Waals surface area contributed by atoms with E-state index in [0.717, 1.165) is 18.8 Å². The number of para-hydroxylation sites is 2. The molecule has 0 saturated heterocycles. The van der Waals surface area contributed by atoms with Crippen molar-refractivity contribution in [1.82, 2.24) is 10.7 Å². The summed E-state index contributed by atoms with van der Waals surface area (Å²) in [6.45, 7) is 5.52. The predicted octanol–water partition coefficient (Wildman–Crippen LogP) is 1.64. The second kappa shape index (κ2) is 10.3. The van der Waals surface area contributed by atoms with Gasteiger partial charge in [-0.25, -0.2) is 5.43 Å². The number of fused-ring (bicyclic) bond motifs is 1. The highest BCUT2D eigenvalue weighted by molar-refractivity contribution is 5.89. The molecule has 2 amide bonds. The predicted molar refractivity (Wildman–Crippen MR) is 117 cm³/mol. The second-order valence-electron chi connectivity index (χ2n) is 6.79. The summed E-state index contributed by atoms with van der Waals surface area (Å²) < 4.78 is 11.1. The molecule has 9 nitrogen and oxygen atoms in total. The lowest BCUT2D eigenvalue weighted by Crippen LogP contribution is -2.46. The van der Waals surface area contributed by atoms with Crippen LogP contribution < -0.4 is 25.1 Å². The van der Waals surface area contributed by atoms with Gasteiger partial charge >= 0.3 is 0 Å². The standard InChI is InChI=1S/C22H26N4O5/c1-3-26(4-2)16-10-9-15(17(27)11-16)12-24-25-21(28)13-23-22(29)20-14-30-18-7-5-6-8-19(18)31-20/h5-12,20,27H,3-4,13-14H2,1-2H3,(H,23,29)(H,25,28)/b24-12-/t20-/m0/s1. The van der Waals surface area contributed by atoms with Crippen LogP contribution in [0, 0.1) is 0 Å². The van der Waals surface area contributed by atoms with Gasteiger partial charge in [0.15, 0.2) is 11.5 Å². The summed E-state index contributed by atoms with van der Waals surface area (Å²) in [4.78, 5) is 26.3. The maximum absolute atomic E-state index is 12.2. The van der Waals surface area contributed by atoms with E-state index in [1.807, 2.05) is 26.0 Å². The minimum atomic E-state index is -0.840. The highest BCUT2D eigenvalue weighted by atomic mass is 16.6. The Bertz CT molecular complexity index is 959. The Morgan fingerprint density at radius 1 is 1.19 bits per heavy atom. The molecule has 1 heterocycles. The van der Waals surface area contributed by atoms with Gasteiger partial charge in [0, 0.05) is 30.4 Å². The third-order valence-electron chi connectivity index (χ3n) is 4.76. The smallest absolute Gasteiger partial charge is 0.265 e. The number of carbonyl (C=O) groups excluding carboxylic acids is 2. The summed E-state index contributed by atoms with van der Waals surface area (Å²) in [5.74, 6) is 0.145. The molecule has 1 aliphatic rings. The number of amides is 2. The monoisotopic (exact) mass is 426 g/mol. The maximum atomic E-state index is 12.2. The summed E-state index contributed by atoms with van der Waals surface area (Å²) in [5, 5.41) is 16.5. The van der Waals surface area contributed by atoms with Gasteiger partial charge < -0.3 is 24.8 Å². The topological polar surface area (TPSA) is 112 Å². The molecule has 0 aliphatic carbocycles. The van der Waals surface area contributed by atoms with Crippen molar-refractivity contribution in [1.29, 1.82) is 0 Å². The van der Waals surface area contributed by atoms with Crippen LogP contribution in [0.5, 0.6) is 17.2 Å². The number of hydrazone groups is 1. The Balaban J connectivity index is 1.46. The Kier molecular flexibility index (Phi) is 7.31. The van der Waals surface area contributed by atoms with Crippen LogP contribution in [0.25, 0.3) is 0 Å². The van der Waals surface area contributed by atoms with Crippen molar-refractivity contribution < 1.29 is 24.2 Å². The second-order valence-corrected chi connectivity index (χ2v) is 6.79. The quantitative estimate of drug-likeness (QED) is 0.437. The molecule has 2 aromatic rings. The van der Waals surface area contributed by atoms with E-state index < -0.39 is 17.9 Å². The zero-order chi connectivity index (χ0) is 22.2. The molecule has 2 aromatic carbocycles. The van der Waals surface area contributed by atoms with Crippen LogP contribution in [0.3, 0.4) is 0 Å². The van der Waals surface area contributed by atoms with Gasteiger partial charge in [-0.1, -0.05) is 12.1 Å². The molecule has 9 heteroatoms. The number of ether oxygens (including phenoxy) is 2. The number of hydrogen-bond donors (Lipinski definition) is 3. The maximum Gasteiger partial charge on any atom is 0.265 e. The van der Waals surface area contributed by atoms with Crippen LogP contribution in [0.4, 0.5) is 5.69 Å². The van der Waals surface area contributed by atoms with Crippen molar-refractivity contribution in [2.24, 2.45) is 5.10 Å². The van der Waals surface area contributed by atoms with Crippen LogP contribution in [0.2, 0.25) is 0 Å². The van der Waals surface area contributed by atoms with Gasteiger partial charge in [0.2, 0.25) is 6.10 Å². The van der Waals surface area contributed by atoms with E-state index >= 15 is 0 Å². The van der Waals surface area contributed by atoms with Crippen molar-refractivity contribution in [3.8, 4) is 17.2 Å². The Morgan fingerprint density at radius 3 is 2.65 bits per heavy atom. The average molecular weight is 426 g/mol. The summed E-state index contributed by atoms with van der Waals surface area (Å²) in [6, 6.07) is 12.3. The highest BCUT2D eigenvalue weighted by Gasteiger charge is 2.27. The van der Waals surface area contributed by atoms with Gasteiger partial charge in [0.05, 0.1) is 12.8 Å². The molecule has 3 rings (SSSR count). The first kappa shape index (κ1) is 21.9. The lowest BCUT2D eigenvalue weighted by Gasteiger charge is -2.25. The van der Waals surface area contributed by atoms with Gasteiger partial charge in [-0.05, 0) is 38.1 Å². The zero-order valence-corrected chi connectivity index (χ0v) is 17.5. The zero-order valence-electron chi connectivity index (χ0n) is 17.5. The number of carbonyl (C=O) groups is 2. The first-order chi connectivity index (χ1) is 15.0. The van der Waals surface area contributed by atoms with E-state index in [0.29, 0.717) is 17.1 Å². The molecule has 164 valence electrons. The fourth-order valence-electron chi connectivity index (χ4n) is 3.07. The minimum absolute atomic E-state index is 0.0606. The van der Waals surface area contributed by atoms with E-state index in [4.69, 9.17) is 9.47 Å². The number of benzene rings is 2. The normalized spacial score (nSPS) is 14.8. The van der Waals surface area contributed by atoms with Gasteiger partial charge in [-0.3, -0.25) is 9.59 Å². The molecule has 0 fully saturated rings. The Morgan fingerprint density at radius 2 is 1.94 bits per heavy atom. The summed E-state index contributed by atoms with van der Waals surface area (Å²) >= 11 is 0. The lowest BCUT2D eigenvalue weighted by atomic mass is 10.2. The molecule has 0 bridgehead atoms. The van der Waals surface area contributed by atoms with Crippen molar-refractivity contribution in [2.45, 2.75) is 20.0 Å². The number of nitrogens with one attached hydrogen (secondary N) is 2. The van der Waals surface area contributed by atoms with Crippen LogP contribution in [0.15, 0.2) is 47.6 Å². The SMILES string of the molecule is CCN(CC)c1ccc(/C=N\NC(=O)CNC(=O)[C@@H]2COc3ccccc3O2)c(O)c1. The van der Waals surface area contributed by atoms with Crippen LogP contribution in [-0.4, -0.2) is 55.5 Å². The molecule has 0 saturated carbocycles. The third-order valence-corrected chi connectivity index (χ3v) is 4.76. The number of phenolic OH excluding ortho intramolecular Hbond substituents is 1. The van der Waals surface area contributed by atoms with E-state index in [1.165, 1.54) is 6.21 Å². The fourth-order valence-corrected chi connectivity index (χ4v) is 3.07. The average Bonchev–Trinajstić information content (AvgIpc) is 2.79. The van der Waals surface area contributed by atoms with E-state index in [9.17, 15) is 14.7 Å². The number of nitrogens with zero attached hydrogens (tertiary/aromatic N) is 2. The molecule has 31 heavy (non-hydrogen) atoms. The van der Waals surface area contributed by atoms with Crippen LogP contribution in [0.1, 0.15) is 19.4 Å². The molecule has 1 aliphatic heterocycles. The molecule has 0 radical (unpaired) electrons. The summed E-state index contributed by atoms with van der Waals surface area (Å²) in [7, 11) is 0. The fraction of sp³-hybridized carbons (Fsp3) is 0.318. The summed E-state index contributed by atoms with van der Waals surface area (Å²) in [6.07, 6.45) is 0.503. The molecule has 3 N–H and O–H groups in total. The molecule has 0 aromatic heterocycles. The van der Waals surface area contributed by atoms with Crippen molar-refractivity contribution >= 4 is 23.7 Å². The first-order valence-electron chi connectivity index (χ1n) is 10.1. The van der Waals surface area contributed by atoms with Gasteiger partial charge in [0.1, 0.15) is 12.4 Å². The molecule has 0 unspecified atom stereocenters. The number of anilines is 1. The Labute approximate surface area is 180 Å². The van der Waals surface area contributed by atoms with Crippen molar-refractivity contribution in [2.75, 3.05) is 31.1 Å². The van der Waals surface area contributed by atoms with Crippen LogP contribution in [-0.2, 0) is 9.59 Å². The van der Waals surface area contributed by atoms with Crippen LogP contribution >= 0.6 is 0 Å². The third kappa shape index (κ3) is 5.65. The summed E-state index contributed by atoms with van der Waals surface area (Å²) in [5.41, 5.74) is 3.68. The molecule has 0 spiro atoms. The van der Waals surface area contributed by atoms with Gasteiger partial charge in [0.25, 0.3) is 11.8 Å². The molecule has 1 atom stereocenters. The van der Waals surface area contributed by atoms with Crippen molar-refractivity contribution in [3.05, 3.63) is 48.0 Å². The van der Waals surface area contributed by atoms with Crippen molar-refractivity contribution in [3.63, 3.8) is 0 Å². The Hall–Kier alpha value is -3.75. The van der Waals surface area contributed by atoms with E-state index in [-0.39, 0.29) is 18.9 Å². The largest absolute Gasteiger partial charge is 0.507 e. The molecular formula is C22H26N4O5. The number of phenols is 1. The number of hydrogen-bond acceptors (Lipinski definition) is 7. The lowest BCUT2D eigenvalue weighted by molar-refractivity contribution is -0.132. The minimum Gasteiger partial charge on any atom is -0.507 e. The number of rotatable bonds is 8. The molecular weight excluding hydrogens is 400 g/mol. The highest BCUT2D eigenvalue weighted by Crippen LogP contribution is 2.30. The number of aromatic hydroxyl groups is 1. The van der Waals surface area contributed by atoms with Gasteiger partial charge in [-0.15, -0.1) is 0 Å². The first-order valence-corrected chi connectivity index (χ1v) is 10.1.